The molecule has 0 radical (unpaired) electrons. The van der Waals surface area contributed by atoms with Crippen molar-refractivity contribution in [3.05, 3.63) is 20.6 Å². The van der Waals surface area contributed by atoms with Gasteiger partial charge in [0.1, 0.15) is 0 Å². The fourth-order valence-electron chi connectivity index (χ4n) is 1.51. The van der Waals surface area contributed by atoms with Gasteiger partial charge in [-0.05, 0) is 18.0 Å². The third-order valence-corrected chi connectivity index (χ3v) is 2.70. The maximum absolute atomic E-state index is 10.9. The Kier molecular flexibility index (Phi) is 3.60. The highest BCUT2D eigenvalue weighted by Gasteiger charge is 2.26. The second kappa shape index (κ2) is 4.99. The first kappa shape index (κ1) is 12.3. The Morgan fingerprint density at radius 1 is 1.47 bits per heavy atom. The summed E-state index contributed by atoms with van der Waals surface area (Å²) in [7, 11) is 0. The van der Waals surface area contributed by atoms with Crippen molar-refractivity contribution in [1.82, 2.24) is 9.97 Å². The van der Waals surface area contributed by atoms with E-state index in [1.165, 1.54) is 0 Å². The van der Waals surface area contributed by atoms with Crippen LogP contribution < -0.4 is 5.32 Å². The molecular formula is C8H8Cl2N4O3. The van der Waals surface area contributed by atoms with Gasteiger partial charge in [-0.25, -0.2) is 0 Å². The highest BCUT2D eigenvalue weighted by molar-refractivity contribution is 6.33. The number of ether oxygens (including phenoxy) is 1. The lowest BCUT2D eigenvalue weighted by atomic mass is 10.2. The van der Waals surface area contributed by atoms with Crippen LogP contribution in [0.25, 0.3) is 0 Å². The van der Waals surface area contributed by atoms with Crippen LogP contribution in [0.4, 0.5) is 11.5 Å². The zero-order valence-corrected chi connectivity index (χ0v) is 10.0. The van der Waals surface area contributed by atoms with E-state index in [0.29, 0.717) is 13.2 Å². The Hall–Kier alpha value is -1.18. The summed E-state index contributed by atoms with van der Waals surface area (Å²) >= 11 is 11.3. The Morgan fingerprint density at radius 3 is 2.82 bits per heavy atom. The lowest BCUT2D eigenvalue weighted by molar-refractivity contribution is -0.384. The fraction of sp³-hybridized carbons (Fsp3) is 0.500. The summed E-state index contributed by atoms with van der Waals surface area (Å²) in [5, 5.41) is 13.3. The predicted octanol–water partition coefficient (Wildman–Crippen LogP) is 1.89. The van der Waals surface area contributed by atoms with E-state index >= 15 is 0 Å². The van der Waals surface area contributed by atoms with Gasteiger partial charge in [0.15, 0.2) is 0 Å². The van der Waals surface area contributed by atoms with E-state index in [1.54, 1.807) is 0 Å². The van der Waals surface area contributed by atoms with Crippen LogP contribution >= 0.6 is 23.2 Å². The molecule has 1 N–H and O–H groups in total. The second-order valence-electron chi connectivity index (χ2n) is 3.44. The minimum atomic E-state index is -0.642. The molecule has 7 nitrogen and oxygen atoms in total. The van der Waals surface area contributed by atoms with Gasteiger partial charge < -0.3 is 10.1 Å². The highest BCUT2D eigenvalue weighted by atomic mass is 35.5. The number of aromatic nitrogens is 2. The lowest BCUT2D eigenvalue weighted by Crippen LogP contribution is -2.21. The predicted molar refractivity (Wildman–Crippen MR) is 61.6 cm³/mol. The van der Waals surface area contributed by atoms with Crippen LogP contribution in [0.3, 0.4) is 0 Å². The molecular weight excluding hydrogens is 271 g/mol. The summed E-state index contributed by atoms with van der Waals surface area (Å²) < 4.78 is 5.15. The van der Waals surface area contributed by atoms with Crippen molar-refractivity contribution in [3.8, 4) is 0 Å². The number of halogens is 2. The molecule has 0 amide bonds. The van der Waals surface area contributed by atoms with Crippen molar-refractivity contribution >= 4 is 34.7 Å². The zero-order chi connectivity index (χ0) is 12.4. The maximum atomic E-state index is 10.9. The largest absolute Gasteiger partial charge is 0.379 e. The van der Waals surface area contributed by atoms with Crippen molar-refractivity contribution in [1.29, 1.82) is 0 Å². The Labute approximate surface area is 106 Å². The van der Waals surface area contributed by atoms with Crippen LogP contribution in [0, 0.1) is 10.1 Å². The normalized spacial score (nSPS) is 19.3. The third-order valence-electron chi connectivity index (χ3n) is 2.27. The summed E-state index contributed by atoms with van der Waals surface area (Å²) in [6, 6.07) is -0.0317. The molecule has 0 spiro atoms. The molecule has 2 heterocycles. The molecule has 0 aromatic carbocycles. The molecule has 1 aliphatic heterocycles. The van der Waals surface area contributed by atoms with Crippen molar-refractivity contribution in [2.75, 3.05) is 18.5 Å². The first-order chi connectivity index (χ1) is 8.08. The summed E-state index contributed by atoms with van der Waals surface area (Å²) in [6.45, 7) is 1.08. The molecule has 1 saturated heterocycles. The number of rotatable bonds is 3. The summed E-state index contributed by atoms with van der Waals surface area (Å²) in [4.78, 5) is 17.5. The number of hydrogen-bond donors (Lipinski definition) is 1. The van der Waals surface area contributed by atoms with Crippen LogP contribution in [0.2, 0.25) is 10.4 Å². The molecule has 92 valence electrons. The Bertz CT molecular complexity index is 451. The molecule has 1 atom stereocenters. The smallest absolute Gasteiger partial charge is 0.348 e. The molecule has 0 saturated carbocycles. The van der Waals surface area contributed by atoms with E-state index in [0.717, 1.165) is 6.42 Å². The van der Waals surface area contributed by atoms with E-state index in [2.05, 4.69) is 15.3 Å². The van der Waals surface area contributed by atoms with Gasteiger partial charge in [0, 0.05) is 6.61 Å². The SMILES string of the molecule is O=[N+]([O-])c1c(Cl)nc(Cl)nc1NC1CCOC1. The van der Waals surface area contributed by atoms with E-state index in [4.69, 9.17) is 27.9 Å². The molecule has 1 aromatic rings. The monoisotopic (exact) mass is 278 g/mol. The van der Waals surface area contributed by atoms with E-state index in [-0.39, 0.29) is 28.0 Å². The van der Waals surface area contributed by atoms with Crippen LogP contribution in [0.5, 0.6) is 0 Å². The average molecular weight is 279 g/mol. The number of nitro groups is 1. The zero-order valence-electron chi connectivity index (χ0n) is 8.52. The summed E-state index contributed by atoms with van der Waals surface area (Å²) in [5.74, 6) is 0.0236. The second-order valence-corrected chi connectivity index (χ2v) is 4.14. The first-order valence-electron chi connectivity index (χ1n) is 4.79. The Balaban J connectivity index is 2.32. The maximum Gasteiger partial charge on any atom is 0.348 e. The molecule has 0 bridgehead atoms. The van der Waals surface area contributed by atoms with Crippen molar-refractivity contribution in [2.24, 2.45) is 0 Å². The number of anilines is 1. The summed E-state index contributed by atoms with van der Waals surface area (Å²) in [5.41, 5.74) is -0.372. The highest BCUT2D eigenvalue weighted by Crippen LogP contribution is 2.31. The van der Waals surface area contributed by atoms with Gasteiger partial charge in [0.2, 0.25) is 16.3 Å². The molecule has 0 aliphatic carbocycles. The van der Waals surface area contributed by atoms with Crippen molar-refractivity contribution in [3.63, 3.8) is 0 Å². The van der Waals surface area contributed by atoms with E-state index in [9.17, 15) is 10.1 Å². The average Bonchev–Trinajstić information content (AvgIpc) is 2.68. The van der Waals surface area contributed by atoms with Gasteiger partial charge in [0.25, 0.3) is 0 Å². The molecule has 2 rings (SSSR count). The minimum absolute atomic E-state index is 0.0236. The lowest BCUT2D eigenvalue weighted by Gasteiger charge is -2.11. The van der Waals surface area contributed by atoms with Gasteiger partial charge >= 0.3 is 5.69 Å². The molecule has 17 heavy (non-hydrogen) atoms. The van der Waals surface area contributed by atoms with Crippen LogP contribution in [-0.4, -0.2) is 34.1 Å². The van der Waals surface area contributed by atoms with Gasteiger partial charge in [-0.1, -0.05) is 11.6 Å². The topological polar surface area (TPSA) is 90.2 Å². The van der Waals surface area contributed by atoms with Crippen LogP contribution in [0.15, 0.2) is 0 Å². The van der Waals surface area contributed by atoms with Gasteiger partial charge in [-0.2, -0.15) is 9.97 Å². The first-order valence-corrected chi connectivity index (χ1v) is 5.55. The molecule has 9 heteroatoms. The third kappa shape index (κ3) is 2.74. The summed E-state index contributed by atoms with van der Waals surface area (Å²) in [6.07, 6.45) is 0.746. The Morgan fingerprint density at radius 2 is 2.24 bits per heavy atom. The fourth-order valence-corrected chi connectivity index (χ4v) is 1.96. The molecule has 1 aliphatic rings. The van der Waals surface area contributed by atoms with Crippen molar-refractivity contribution in [2.45, 2.75) is 12.5 Å². The quantitative estimate of drug-likeness (QED) is 0.393. The standard InChI is InChI=1S/C8H8Cl2N4O3/c9-6-5(14(15)16)7(13-8(10)12-6)11-4-1-2-17-3-4/h4H,1-3H2,(H,11,12,13). The number of nitrogens with zero attached hydrogens (tertiary/aromatic N) is 3. The molecule has 1 unspecified atom stereocenters. The van der Waals surface area contributed by atoms with Gasteiger partial charge in [0.05, 0.1) is 17.6 Å². The van der Waals surface area contributed by atoms with Crippen LogP contribution in [-0.2, 0) is 4.74 Å². The number of nitrogens with one attached hydrogen (secondary N) is 1. The van der Waals surface area contributed by atoms with E-state index < -0.39 is 4.92 Å². The molecule has 1 aromatic heterocycles. The van der Waals surface area contributed by atoms with Gasteiger partial charge in [-0.15, -0.1) is 0 Å². The van der Waals surface area contributed by atoms with Gasteiger partial charge in [-0.3, -0.25) is 10.1 Å². The minimum Gasteiger partial charge on any atom is -0.379 e. The molecule has 1 fully saturated rings. The van der Waals surface area contributed by atoms with Crippen LogP contribution in [0.1, 0.15) is 6.42 Å². The number of hydrogen-bond acceptors (Lipinski definition) is 6. The van der Waals surface area contributed by atoms with E-state index in [1.807, 2.05) is 0 Å². The van der Waals surface area contributed by atoms with Crippen molar-refractivity contribution < 1.29 is 9.66 Å².